The first-order valence-corrected chi connectivity index (χ1v) is 10.6. The van der Waals surface area contributed by atoms with Gasteiger partial charge in [-0.25, -0.2) is 4.79 Å². The van der Waals surface area contributed by atoms with Gasteiger partial charge in [-0.3, -0.25) is 4.79 Å². The lowest BCUT2D eigenvalue weighted by Gasteiger charge is -2.22. The predicted molar refractivity (Wildman–Crippen MR) is 126 cm³/mol. The zero-order chi connectivity index (χ0) is 21.6. The molecule has 0 aliphatic carbocycles. The van der Waals surface area contributed by atoms with Crippen molar-refractivity contribution in [2.24, 2.45) is 0 Å². The number of carbonyl (C=O) groups excluding carboxylic acids is 2. The van der Waals surface area contributed by atoms with E-state index in [2.05, 4.69) is 20.9 Å². The highest BCUT2D eigenvalue weighted by molar-refractivity contribution is 6.30. The first-order valence-electron chi connectivity index (χ1n) is 10.2. The third kappa shape index (κ3) is 5.35. The molecule has 1 saturated heterocycles. The summed E-state index contributed by atoms with van der Waals surface area (Å²) in [6.07, 6.45) is 2.23. The standard InChI is InChI=1S/C24H23ClN4O2/c25-18-8-10-19(11-9-18)27-24(31)28-21-16-20(12-13-22(21)29-14-4-5-15-29)26-23(30)17-6-2-1-3-7-17/h1-3,6-13,16H,4-5,14-15H2,(H,26,30)(H2,27,28,31). The van der Waals surface area contributed by atoms with Crippen molar-refractivity contribution in [1.82, 2.24) is 0 Å². The number of benzene rings is 3. The fraction of sp³-hybridized carbons (Fsp3) is 0.167. The Bertz CT molecular complexity index is 1060. The molecule has 1 aliphatic heterocycles. The maximum Gasteiger partial charge on any atom is 0.323 e. The van der Waals surface area contributed by atoms with Crippen molar-refractivity contribution in [3.05, 3.63) is 83.4 Å². The molecule has 1 aliphatic rings. The average Bonchev–Trinajstić information content (AvgIpc) is 3.31. The lowest BCUT2D eigenvalue weighted by molar-refractivity contribution is 0.102. The molecule has 3 aromatic carbocycles. The Morgan fingerprint density at radius 2 is 1.45 bits per heavy atom. The topological polar surface area (TPSA) is 73.5 Å². The van der Waals surface area contributed by atoms with Crippen LogP contribution in [0.25, 0.3) is 0 Å². The van der Waals surface area contributed by atoms with E-state index in [1.165, 1.54) is 0 Å². The molecule has 0 bridgehead atoms. The fourth-order valence-corrected chi connectivity index (χ4v) is 3.68. The molecule has 158 valence electrons. The average molecular weight is 435 g/mol. The van der Waals surface area contributed by atoms with Crippen LogP contribution in [0.2, 0.25) is 5.02 Å². The summed E-state index contributed by atoms with van der Waals surface area (Å²) in [5, 5.41) is 9.24. The minimum Gasteiger partial charge on any atom is -0.370 e. The Labute approximate surface area is 186 Å². The van der Waals surface area contributed by atoms with Crippen LogP contribution < -0.4 is 20.9 Å². The molecule has 3 aromatic rings. The highest BCUT2D eigenvalue weighted by Gasteiger charge is 2.18. The van der Waals surface area contributed by atoms with Gasteiger partial charge in [0, 0.05) is 35.1 Å². The van der Waals surface area contributed by atoms with Crippen molar-refractivity contribution in [2.75, 3.05) is 33.9 Å². The van der Waals surface area contributed by atoms with E-state index in [0.717, 1.165) is 31.6 Å². The van der Waals surface area contributed by atoms with E-state index < -0.39 is 0 Å². The summed E-state index contributed by atoms with van der Waals surface area (Å²) in [5.41, 5.74) is 3.39. The van der Waals surface area contributed by atoms with Gasteiger partial charge in [0.1, 0.15) is 0 Å². The van der Waals surface area contributed by atoms with Crippen molar-refractivity contribution < 1.29 is 9.59 Å². The number of nitrogens with zero attached hydrogens (tertiary/aromatic N) is 1. The maximum absolute atomic E-state index is 12.6. The molecule has 0 atom stereocenters. The second-order valence-electron chi connectivity index (χ2n) is 7.33. The molecule has 0 spiro atoms. The summed E-state index contributed by atoms with van der Waals surface area (Å²) in [5.74, 6) is -0.203. The monoisotopic (exact) mass is 434 g/mol. The number of hydrogen-bond acceptors (Lipinski definition) is 3. The number of nitrogens with one attached hydrogen (secondary N) is 3. The van der Waals surface area contributed by atoms with Gasteiger partial charge in [0.2, 0.25) is 0 Å². The van der Waals surface area contributed by atoms with Crippen LogP contribution in [0.3, 0.4) is 0 Å². The molecule has 6 nitrogen and oxygen atoms in total. The summed E-state index contributed by atoms with van der Waals surface area (Å²) in [6.45, 7) is 1.87. The summed E-state index contributed by atoms with van der Waals surface area (Å²) in [7, 11) is 0. The molecular formula is C24H23ClN4O2. The van der Waals surface area contributed by atoms with Crippen molar-refractivity contribution in [2.45, 2.75) is 12.8 Å². The summed E-state index contributed by atoms with van der Waals surface area (Å²) >= 11 is 5.91. The van der Waals surface area contributed by atoms with Crippen LogP contribution in [0, 0.1) is 0 Å². The minimum atomic E-state index is -0.366. The number of carbonyl (C=O) groups is 2. The molecule has 0 aromatic heterocycles. The first kappa shape index (κ1) is 20.8. The van der Waals surface area contributed by atoms with Gasteiger partial charge in [-0.05, 0) is 67.4 Å². The van der Waals surface area contributed by atoms with Crippen molar-refractivity contribution in [3.63, 3.8) is 0 Å². The number of halogens is 1. The number of rotatable bonds is 5. The van der Waals surface area contributed by atoms with Crippen LogP contribution in [-0.2, 0) is 0 Å². The molecular weight excluding hydrogens is 412 g/mol. The Balaban J connectivity index is 1.54. The lowest BCUT2D eigenvalue weighted by atomic mass is 10.2. The summed E-state index contributed by atoms with van der Waals surface area (Å²) in [6, 6.07) is 21.1. The van der Waals surface area contributed by atoms with Crippen molar-refractivity contribution in [3.8, 4) is 0 Å². The van der Waals surface area contributed by atoms with E-state index in [9.17, 15) is 9.59 Å². The maximum atomic E-state index is 12.6. The zero-order valence-electron chi connectivity index (χ0n) is 16.9. The molecule has 3 amide bonds. The molecule has 1 heterocycles. The van der Waals surface area contributed by atoms with Gasteiger partial charge in [0.15, 0.2) is 0 Å². The van der Waals surface area contributed by atoms with Gasteiger partial charge in [-0.15, -0.1) is 0 Å². The molecule has 31 heavy (non-hydrogen) atoms. The number of hydrogen-bond donors (Lipinski definition) is 3. The third-order valence-electron chi connectivity index (χ3n) is 5.09. The smallest absolute Gasteiger partial charge is 0.323 e. The Morgan fingerprint density at radius 1 is 0.774 bits per heavy atom. The predicted octanol–water partition coefficient (Wildman–Crippen LogP) is 5.84. The van der Waals surface area contributed by atoms with E-state index in [1.54, 1.807) is 42.5 Å². The van der Waals surface area contributed by atoms with Crippen LogP contribution in [0.5, 0.6) is 0 Å². The Hall–Kier alpha value is -3.51. The fourth-order valence-electron chi connectivity index (χ4n) is 3.56. The van der Waals surface area contributed by atoms with Crippen LogP contribution in [0.4, 0.5) is 27.5 Å². The first-order chi connectivity index (χ1) is 15.1. The lowest BCUT2D eigenvalue weighted by Crippen LogP contribution is -2.24. The number of urea groups is 1. The largest absolute Gasteiger partial charge is 0.370 e. The normalized spacial score (nSPS) is 13.0. The van der Waals surface area contributed by atoms with E-state index in [0.29, 0.717) is 27.6 Å². The SMILES string of the molecule is O=C(Nc1ccc(Cl)cc1)Nc1cc(NC(=O)c2ccccc2)ccc1N1CCCC1. The van der Waals surface area contributed by atoms with Gasteiger partial charge in [0.05, 0.1) is 11.4 Å². The molecule has 7 heteroatoms. The minimum absolute atomic E-state index is 0.203. The number of amides is 3. The highest BCUT2D eigenvalue weighted by atomic mass is 35.5. The Kier molecular flexibility index (Phi) is 6.38. The van der Waals surface area contributed by atoms with Gasteiger partial charge in [-0.1, -0.05) is 29.8 Å². The third-order valence-corrected chi connectivity index (χ3v) is 5.34. The van der Waals surface area contributed by atoms with Gasteiger partial charge >= 0.3 is 6.03 Å². The second-order valence-corrected chi connectivity index (χ2v) is 7.77. The van der Waals surface area contributed by atoms with Crippen LogP contribution in [-0.4, -0.2) is 25.0 Å². The molecule has 1 fully saturated rings. The van der Waals surface area contributed by atoms with Gasteiger partial charge < -0.3 is 20.9 Å². The Morgan fingerprint density at radius 3 is 2.16 bits per heavy atom. The van der Waals surface area contributed by atoms with Gasteiger partial charge in [0.25, 0.3) is 5.91 Å². The van der Waals surface area contributed by atoms with Gasteiger partial charge in [-0.2, -0.15) is 0 Å². The van der Waals surface area contributed by atoms with E-state index in [-0.39, 0.29) is 11.9 Å². The van der Waals surface area contributed by atoms with E-state index in [1.807, 2.05) is 30.3 Å². The molecule has 3 N–H and O–H groups in total. The molecule has 4 rings (SSSR count). The van der Waals surface area contributed by atoms with Crippen LogP contribution in [0.1, 0.15) is 23.2 Å². The second kappa shape index (κ2) is 9.53. The number of anilines is 4. The molecule has 0 radical (unpaired) electrons. The van der Waals surface area contributed by atoms with E-state index in [4.69, 9.17) is 11.6 Å². The molecule has 0 saturated carbocycles. The molecule has 0 unspecified atom stereocenters. The van der Waals surface area contributed by atoms with Crippen LogP contribution in [0.15, 0.2) is 72.8 Å². The van der Waals surface area contributed by atoms with Crippen molar-refractivity contribution >= 4 is 46.3 Å². The summed E-state index contributed by atoms with van der Waals surface area (Å²) < 4.78 is 0. The quantitative estimate of drug-likeness (QED) is 0.472. The highest BCUT2D eigenvalue weighted by Crippen LogP contribution is 2.32. The zero-order valence-corrected chi connectivity index (χ0v) is 17.7. The van der Waals surface area contributed by atoms with Crippen molar-refractivity contribution in [1.29, 1.82) is 0 Å². The summed E-state index contributed by atoms with van der Waals surface area (Å²) in [4.78, 5) is 27.4. The van der Waals surface area contributed by atoms with E-state index >= 15 is 0 Å². The van der Waals surface area contributed by atoms with Crippen LogP contribution >= 0.6 is 11.6 Å².